The van der Waals surface area contributed by atoms with Crippen molar-refractivity contribution in [3.8, 4) is 0 Å². The molecule has 0 saturated carbocycles. The van der Waals surface area contributed by atoms with Crippen LogP contribution >= 0.6 is 10.3 Å². The summed E-state index contributed by atoms with van der Waals surface area (Å²) in [6, 6.07) is 25.0. The van der Waals surface area contributed by atoms with Gasteiger partial charge < -0.3 is 4.74 Å². The fourth-order valence-corrected chi connectivity index (χ4v) is 7.89. The summed E-state index contributed by atoms with van der Waals surface area (Å²) in [5, 5.41) is -4.78. The molecule has 0 amide bonds. The van der Waals surface area contributed by atoms with Crippen LogP contribution in [0.25, 0.3) is 0 Å². The highest BCUT2D eigenvalue weighted by atomic mass is 32.3. The number of hydrogen-bond acceptors (Lipinski definition) is 3. The van der Waals surface area contributed by atoms with Crippen LogP contribution in [0.15, 0.2) is 106 Å². The molecular formula is C21H19F2O5S2+. The first-order valence-corrected chi connectivity index (χ1v) is 11.7. The zero-order valence-corrected chi connectivity index (χ0v) is 17.4. The number of rotatable bonds is 6. The molecular weight excluding hydrogens is 434 g/mol. The third kappa shape index (κ3) is 3.83. The Morgan fingerprint density at radius 2 is 1.17 bits per heavy atom. The molecule has 0 bridgehead atoms. The maximum absolute atomic E-state index is 14.6. The molecule has 0 heterocycles. The average Bonchev–Trinajstić information content (AvgIpc) is 2.78. The lowest BCUT2D eigenvalue weighted by molar-refractivity contribution is -0.158. The highest BCUT2D eigenvalue weighted by Gasteiger charge is 2.63. The highest BCUT2D eigenvalue weighted by Crippen LogP contribution is 2.68. The number of methoxy groups -OCH3 is 1. The molecule has 5 nitrogen and oxygen atoms in total. The van der Waals surface area contributed by atoms with Gasteiger partial charge in [-0.25, -0.2) is 9.35 Å². The number of halogens is 2. The van der Waals surface area contributed by atoms with Crippen LogP contribution in [0.5, 0.6) is 0 Å². The quantitative estimate of drug-likeness (QED) is 0.313. The number of hydrogen-bond donors (Lipinski definition) is 1. The monoisotopic (exact) mass is 453 g/mol. The van der Waals surface area contributed by atoms with E-state index in [1.807, 2.05) is 0 Å². The Kier molecular flexibility index (Phi) is 6.25. The van der Waals surface area contributed by atoms with Crippen molar-refractivity contribution in [1.82, 2.24) is 0 Å². The summed E-state index contributed by atoms with van der Waals surface area (Å²) in [4.78, 5) is 12.8. The summed E-state index contributed by atoms with van der Waals surface area (Å²) in [6.07, 6.45) is 0. The molecule has 3 rings (SSSR count). The van der Waals surface area contributed by atoms with Gasteiger partial charge in [0.25, 0.3) is 0 Å². The summed E-state index contributed by atoms with van der Waals surface area (Å²) in [6.45, 7) is 0. The largest absolute Gasteiger partial charge is 0.517 e. The van der Waals surface area contributed by atoms with Gasteiger partial charge in [0.1, 0.15) is 0 Å². The number of alkyl halides is 2. The molecule has 158 valence electrons. The summed E-state index contributed by atoms with van der Waals surface area (Å²) < 4.78 is 61.8. The summed E-state index contributed by atoms with van der Waals surface area (Å²) >= 11 is 0. The van der Waals surface area contributed by atoms with Crippen molar-refractivity contribution < 1.29 is 30.4 Å². The van der Waals surface area contributed by atoms with E-state index in [-0.39, 0.29) is 0 Å². The number of ether oxygens (including phenoxy) is 1. The van der Waals surface area contributed by atoms with Crippen molar-refractivity contribution in [3.63, 3.8) is 0 Å². The van der Waals surface area contributed by atoms with Gasteiger partial charge in [-0.2, -0.15) is 8.78 Å². The molecule has 0 aliphatic carbocycles. The lowest BCUT2D eigenvalue weighted by Gasteiger charge is -2.26. The van der Waals surface area contributed by atoms with Crippen molar-refractivity contribution in [1.29, 1.82) is 0 Å². The minimum Gasteiger partial charge on any atom is -0.463 e. The first-order valence-electron chi connectivity index (χ1n) is 8.68. The second-order valence-corrected chi connectivity index (χ2v) is 10.6. The van der Waals surface area contributed by atoms with Crippen LogP contribution in [0, 0.1) is 0 Å². The molecule has 1 N–H and O–H groups in total. The molecule has 3 aromatic carbocycles. The minimum atomic E-state index is -5.49. The first kappa shape index (κ1) is 21.9. The second kappa shape index (κ2) is 8.55. The molecule has 0 fully saturated rings. The minimum absolute atomic E-state index is 0.407. The van der Waals surface area contributed by atoms with E-state index >= 15 is 0 Å². The number of benzene rings is 3. The lowest BCUT2D eigenvalue weighted by Crippen LogP contribution is -2.39. The van der Waals surface area contributed by atoms with Crippen LogP contribution in [-0.2, 0) is 22.9 Å². The van der Waals surface area contributed by atoms with Gasteiger partial charge in [0, 0.05) is 0 Å². The number of carbonyl (C=O) groups is 1. The Balaban J connectivity index is 2.47. The lowest BCUT2D eigenvalue weighted by atomic mass is 10.4. The Hall–Kier alpha value is -2.75. The van der Waals surface area contributed by atoms with Gasteiger partial charge in [-0.3, -0.25) is 0 Å². The van der Waals surface area contributed by atoms with Crippen molar-refractivity contribution in [2.24, 2.45) is 0 Å². The van der Waals surface area contributed by atoms with Crippen LogP contribution in [0.2, 0.25) is 0 Å². The predicted octanol–water partition coefficient (Wildman–Crippen LogP) is 5.29. The normalized spacial score (nSPS) is 14.4. The van der Waals surface area contributed by atoms with Crippen molar-refractivity contribution in [3.05, 3.63) is 91.0 Å². The number of esters is 1. The SMILES string of the molecule is COC(=O)C(F)(F)S(=O)(O)=[O+]S(c1ccccc1)(c1ccccc1)c1ccccc1. The van der Waals surface area contributed by atoms with E-state index in [4.69, 9.17) is 3.29 Å². The van der Waals surface area contributed by atoms with Crippen molar-refractivity contribution >= 4 is 26.4 Å². The van der Waals surface area contributed by atoms with Gasteiger partial charge in [-0.15, -0.1) is 7.49 Å². The molecule has 30 heavy (non-hydrogen) atoms. The molecule has 3 aromatic rings. The highest BCUT2D eigenvalue weighted by molar-refractivity contribution is 8.30. The summed E-state index contributed by atoms with van der Waals surface area (Å²) in [5.74, 6) is -2.16. The molecule has 1 atom stereocenters. The zero-order chi connectivity index (χ0) is 21.8. The van der Waals surface area contributed by atoms with E-state index in [0.29, 0.717) is 21.8 Å². The van der Waals surface area contributed by atoms with Gasteiger partial charge in [0.15, 0.2) is 10.3 Å². The number of carbonyl (C=O) groups excluding carboxylic acids is 1. The van der Waals surface area contributed by atoms with Crippen LogP contribution in [-0.4, -0.2) is 27.1 Å². The van der Waals surface area contributed by atoms with Crippen LogP contribution in [0.3, 0.4) is 0 Å². The van der Waals surface area contributed by atoms with E-state index in [9.17, 15) is 22.3 Å². The first-order chi connectivity index (χ1) is 14.3. The van der Waals surface area contributed by atoms with Crippen molar-refractivity contribution in [2.75, 3.05) is 7.11 Å². The summed E-state index contributed by atoms with van der Waals surface area (Å²) in [7, 11) is -7.92. The molecule has 0 spiro atoms. The average molecular weight is 454 g/mol. The fraction of sp³-hybridized carbons (Fsp3) is 0.0952. The third-order valence-electron chi connectivity index (χ3n) is 4.17. The Labute approximate surface area is 174 Å². The molecule has 0 radical (unpaired) electrons. The molecule has 0 aromatic heterocycles. The standard InChI is InChI=1S/C21H18F2O5S2/c1-27-20(24)21(22,23)30(25,26)28-29(17-11-5-2-6-12-17,18-13-7-3-8-14-18)19-15-9-4-10-16-19/h2-16H,1H3/p+1. The van der Waals surface area contributed by atoms with Gasteiger partial charge >= 0.3 is 21.3 Å². The molecule has 0 aliphatic rings. The van der Waals surface area contributed by atoms with Crippen molar-refractivity contribution in [2.45, 2.75) is 19.9 Å². The third-order valence-corrected chi connectivity index (χ3v) is 9.34. The van der Waals surface area contributed by atoms with Gasteiger partial charge in [-0.05, 0) is 36.4 Å². The van der Waals surface area contributed by atoms with Crippen LogP contribution < -0.4 is 0 Å². The fourth-order valence-electron chi connectivity index (χ4n) is 2.77. The van der Waals surface area contributed by atoms with Gasteiger partial charge in [0.2, 0.25) is 0 Å². The van der Waals surface area contributed by atoms with Gasteiger partial charge in [-0.1, -0.05) is 54.6 Å². The van der Waals surface area contributed by atoms with Crippen LogP contribution in [0.4, 0.5) is 8.78 Å². The summed E-state index contributed by atoms with van der Waals surface area (Å²) in [5.41, 5.74) is 0. The Morgan fingerprint density at radius 3 is 1.47 bits per heavy atom. The van der Waals surface area contributed by atoms with E-state index in [2.05, 4.69) is 4.74 Å². The van der Waals surface area contributed by atoms with Gasteiger partial charge in [0.05, 0.1) is 21.8 Å². The van der Waals surface area contributed by atoms with E-state index in [1.54, 1.807) is 91.0 Å². The molecule has 1 unspecified atom stereocenters. The zero-order valence-electron chi connectivity index (χ0n) is 15.8. The molecule has 9 heteroatoms. The second-order valence-electron chi connectivity index (χ2n) is 6.05. The smallest absolute Gasteiger partial charge is 0.463 e. The van der Waals surface area contributed by atoms with E-state index < -0.39 is 31.7 Å². The maximum Gasteiger partial charge on any atom is 0.517 e. The molecule has 0 saturated heterocycles. The predicted molar refractivity (Wildman–Crippen MR) is 110 cm³/mol. The Morgan fingerprint density at radius 1 is 0.833 bits per heavy atom. The van der Waals surface area contributed by atoms with E-state index in [0.717, 1.165) is 0 Å². The van der Waals surface area contributed by atoms with E-state index in [1.165, 1.54) is 0 Å². The maximum atomic E-state index is 14.6. The van der Waals surface area contributed by atoms with Crippen LogP contribution in [0.1, 0.15) is 0 Å². The topological polar surface area (TPSA) is 74.9 Å². The molecule has 0 aliphatic heterocycles. The Bertz CT molecular complexity index is 1030.